The number of rotatable bonds is 4. The Kier molecular flexibility index (Phi) is 4.77. The van der Waals surface area contributed by atoms with Gasteiger partial charge in [0.05, 0.1) is 26.2 Å². The van der Waals surface area contributed by atoms with Crippen LogP contribution in [-0.4, -0.2) is 35.8 Å². The van der Waals surface area contributed by atoms with E-state index >= 15 is 0 Å². The molecule has 0 unspecified atom stereocenters. The quantitative estimate of drug-likeness (QED) is 0.528. The zero-order valence-electron chi connectivity index (χ0n) is 16.7. The predicted molar refractivity (Wildman–Crippen MR) is 118 cm³/mol. The lowest BCUT2D eigenvalue weighted by Crippen LogP contribution is -2.34. The van der Waals surface area contributed by atoms with E-state index in [0.29, 0.717) is 18.8 Å². The number of hydrogen-bond acceptors (Lipinski definition) is 7. The second kappa shape index (κ2) is 7.59. The maximum absolute atomic E-state index is 11.0. The second-order valence-corrected chi connectivity index (χ2v) is 8.18. The molecule has 2 aromatic carbocycles. The Hall–Kier alpha value is -3.16. The van der Waals surface area contributed by atoms with Crippen LogP contribution in [0.15, 0.2) is 54.9 Å². The van der Waals surface area contributed by atoms with Crippen molar-refractivity contribution in [1.82, 2.24) is 9.97 Å². The summed E-state index contributed by atoms with van der Waals surface area (Å²) in [6.07, 6.45) is 0.879. The third-order valence-electron chi connectivity index (χ3n) is 5.46. The standard InChI is InChI=1S/C23H21N3O3S/c1-28-18-8-9-19(29-2)21-16(18)11-26(12-17(21)27)22-15-10-20(14-6-4-3-5-7-14)30-23(15)25-13-24-22/h3-10,13,17,27H,11-12H2,1-2H3/t17-/m1/s1. The Labute approximate surface area is 178 Å². The van der Waals surface area contributed by atoms with Gasteiger partial charge in [-0.2, -0.15) is 0 Å². The summed E-state index contributed by atoms with van der Waals surface area (Å²) in [6, 6.07) is 16.1. The van der Waals surface area contributed by atoms with Crippen molar-refractivity contribution in [1.29, 1.82) is 0 Å². The first-order valence-electron chi connectivity index (χ1n) is 9.66. The number of fused-ring (bicyclic) bond motifs is 2. The minimum absolute atomic E-state index is 0.416. The number of aliphatic hydroxyl groups is 1. The van der Waals surface area contributed by atoms with Gasteiger partial charge in [-0.3, -0.25) is 0 Å². The van der Waals surface area contributed by atoms with Gasteiger partial charge in [0.1, 0.15) is 34.6 Å². The number of methoxy groups -OCH3 is 2. The molecule has 6 nitrogen and oxygen atoms in total. The molecular weight excluding hydrogens is 398 g/mol. The van der Waals surface area contributed by atoms with Crippen molar-refractivity contribution < 1.29 is 14.6 Å². The van der Waals surface area contributed by atoms with E-state index in [4.69, 9.17) is 9.47 Å². The third-order valence-corrected chi connectivity index (χ3v) is 6.55. The maximum Gasteiger partial charge on any atom is 0.141 e. The van der Waals surface area contributed by atoms with E-state index in [1.807, 2.05) is 30.3 Å². The molecule has 0 radical (unpaired) electrons. The summed E-state index contributed by atoms with van der Waals surface area (Å²) in [4.78, 5) is 13.2. The molecule has 7 heteroatoms. The fraction of sp³-hybridized carbons (Fsp3) is 0.217. The van der Waals surface area contributed by atoms with Gasteiger partial charge in [0.25, 0.3) is 0 Å². The second-order valence-electron chi connectivity index (χ2n) is 7.15. The lowest BCUT2D eigenvalue weighted by molar-refractivity contribution is 0.169. The van der Waals surface area contributed by atoms with Crippen LogP contribution in [0, 0.1) is 0 Å². The van der Waals surface area contributed by atoms with E-state index in [1.54, 1.807) is 31.9 Å². The highest BCUT2D eigenvalue weighted by molar-refractivity contribution is 7.21. The normalized spacial score (nSPS) is 15.8. The lowest BCUT2D eigenvalue weighted by atomic mass is 9.95. The highest BCUT2D eigenvalue weighted by atomic mass is 32.1. The highest BCUT2D eigenvalue weighted by Gasteiger charge is 2.31. The van der Waals surface area contributed by atoms with Crippen LogP contribution < -0.4 is 14.4 Å². The van der Waals surface area contributed by atoms with Crippen molar-refractivity contribution in [2.24, 2.45) is 0 Å². The van der Waals surface area contributed by atoms with E-state index in [2.05, 4.69) is 33.1 Å². The summed E-state index contributed by atoms with van der Waals surface area (Å²) in [5.74, 6) is 2.22. The molecule has 30 heavy (non-hydrogen) atoms. The van der Waals surface area contributed by atoms with E-state index < -0.39 is 6.10 Å². The molecule has 0 bridgehead atoms. The number of β-amino-alcohol motifs (C(OH)–C–C–N with tert-alkyl or cyclic N) is 1. The fourth-order valence-electron chi connectivity index (χ4n) is 4.08. The molecule has 152 valence electrons. The van der Waals surface area contributed by atoms with Crippen molar-refractivity contribution in [3.05, 3.63) is 66.0 Å². The molecule has 0 aliphatic carbocycles. The number of anilines is 1. The van der Waals surface area contributed by atoms with Gasteiger partial charge >= 0.3 is 0 Å². The molecular formula is C23H21N3O3S. The van der Waals surface area contributed by atoms with Crippen LogP contribution in [0.5, 0.6) is 11.5 Å². The van der Waals surface area contributed by atoms with Gasteiger partial charge in [-0.1, -0.05) is 30.3 Å². The Morgan fingerprint density at radius 3 is 2.57 bits per heavy atom. The van der Waals surface area contributed by atoms with E-state index in [0.717, 1.165) is 43.4 Å². The van der Waals surface area contributed by atoms with Gasteiger partial charge in [0.15, 0.2) is 0 Å². The molecule has 5 rings (SSSR count). The lowest BCUT2D eigenvalue weighted by Gasteiger charge is -2.34. The molecule has 0 spiro atoms. The molecule has 0 fully saturated rings. The Morgan fingerprint density at radius 1 is 1.03 bits per heavy atom. The molecule has 1 N–H and O–H groups in total. The first kappa shape index (κ1) is 18.8. The summed E-state index contributed by atoms with van der Waals surface area (Å²) >= 11 is 1.64. The van der Waals surface area contributed by atoms with Crippen LogP contribution in [0.2, 0.25) is 0 Å². The van der Waals surface area contributed by atoms with Crippen molar-refractivity contribution >= 4 is 27.4 Å². The van der Waals surface area contributed by atoms with Gasteiger partial charge < -0.3 is 19.5 Å². The molecule has 0 saturated heterocycles. The predicted octanol–water partition coefficient (Wildman–Crippen LogP) is 4.43. The van der Waals surface area contributed by atoms with Crippen LogP contribution in [-0.2, 0) is 6.54 Å². The average Bonchev–Trinajstić information content (AvgIpc) is 3.23. The number of nitrogens with zero attached hydrogens (tertiary/aromatic N) is 3. The molecule has 0 amide bonds. The molecule has 1 atom stereocenters. The Balaban J connectivity index is 1.60. The van der Waals surface area contributed by atoms with Crippen molar-refractivity contribution in [2.45, 2.75) is 12.6 Å². The van der Waals surface area contributed by atoms with Crippen molar-refractivity contribution in [3.63, 3.8) is 0 Å². The van der Waals surface area contributed by atoms with Crippen molar-refractivity contribution in [2.75, 3.05) is 25.7 Å². The Bertz CT molecular complexity index is 1210. The van der Waals surface area contributed by atoms with Gasteiger partial charge in [0.2, 0.25) is 0 Å². The fourth-order valence-corrected chi connectivity index (χ4v) is 5.08. The molecule has 0 saturated carbocycles. The molecule has 1 aliphatic heterocycles. The summed E-state index contributed by atoms with van der Waals surface area (Å²) in [6.45, 7) is 0.981. The minimum atomic E-state index is -0.712. The summed E-state index contributed by atoms with van der Waals surface area (Å²) in [5.41, 5.74) is 2.86. The van der Waals surface area contributed by atoms with Crippen LogP contribution in [0.25, 0.3) is 20.7 Å². The molecule has 2 aromatic heterocycles. The summed E-state index contributed by atoms with van der Waals surface area (Å²) in [5, 5.41) is 11.9. The monoisotopic (exact) mass is 419 g/mol. The summed E-state index contributed by atoms with van der Waals surface area (Å²) in [7, 11) is 3.26. The highest BCUT2D eigenvalue weighted by Crippen LogP contribution is 2.42. The number of aromatic nitrogens is 2. The maximum atomic E-state index is 11.0. The van der Waals surface area contributed by atoms with Crippen LogP contribution in [0.1, 0.15) is 17.2 Å². The number of benzene rings is 2. The van der Waals surface area contributed by atoms with Gasteiger partial charge in [-0.05, 0) is 23.8 Å². The zero-order valence-corrected chi connectivity index (χ0v) is 17.5. The van der Waals surface area contributed by atoms with Crippen molar-refractivity contribution in [3.8, 4) is 21.9 Å². The topological polar surface area (TPSA) is 67.7 Å². The summed E-state index contributed by atoms with van der Waals surface area (Å²) < 4.78 is 11.1. The number of aliphatic hydroxyl groups excluding tert-OH is 1. The zero-order chi connectivity index (χ0) is 20.7. The average molecular weight is 420 g/mol. The smallest absolute Gasteiger partial charge is 0.141 e. The van der Waals surface area contributed by atoms with E-state index in [9.17, 15) is 5.11 Å². The Morgan fingerprint density at radius 2 is 1.80 bits per heavy atom. The number of hydrogen-bond donors (Lipinski definition) is 1. The molecule has 4 aromatic rings. The van der Waals surface area contributed by atoms with E-state index in [1.165, 1.54) is 0 Å². The van der Waals surface area contributed by atoms with Crippen LogP contribution in [0.3, 0.4) is 0 Å². The number of thiophene rings is 1. The first-order chi connectivity index (χ1) is 14.7. The van der Waals surface area contributed by atoms with Gasteiger partial charge in [0, 0.05) is 22.5 Å². The number of ether oxygens (including phenoxy) is 2. The first-order valence-corrected chi connectivity index (χ1v) is 10.5. The van der Waals surface area contributed by atoms with Crippen LogP contribution >= 0.6 is 11.3 Å². The SMILES string of the molecule is COc1ccc(OC)c2c1CN(c1ncnc3sc(-c4ccccc4)cc13)C[C@H]2O. The third kappa shape index (κ3) is 3.07. The minimum Gasteiger partial charge on any atom is -0.496 e. The van der Waals surface area contributed by atoms with Gasteiger partial charge in [-0.15, -0.1) is 11.3 Å². The van der Waals surface area contributed by atoms with Gasteiger partial charge in [-0.25, -0.2) is 9.97 Å². The van der Waals surface area contributed by atoms with Crippen LogP contribution in [0.4, 0.5) is 5.82 Å². The largest absolute Gasteiger partial charge is 0.496 e. The van der Waals surface area contributed by atoms with E-state index in [-0.39, 0.29) is 0 Å². The molecule has 3 heterocycles. The molecule has 1 aliphatic rings.